The first-order valence-electron chi connectivity index (χ1n) is 7.46. The number of hydrogen-bond acceptors (Lipinski definition) is 3. The molecule has 2 aromatic carbocycles. The van der Waals surface area contributed by atoms with E-state index in [-0.39, 0.29) is 5.97 Å². The Bertz CT molecular complexity index is 750. The highest BCUT2D eigenvalue weighted by molar-refractivity contribution is 9.12. The molecule has 0 aromatic heterocycles. The SMILES string of the molecule is CCC1(c2ccccc2)OC(=O)C(Br)=C1c1ccc(OC)cc1. The maximum Gasteiger partial charge on any atom is 0.346 e. The van der Waals surface area contributed by atoms with Gasteiger partial charge >= 0.3 is 5.97 Å². The molecule has 1 aliphatic heterocycles. The van der Waals surface area contributed by atoms with Crippen LogP contribution in [0.15, 0.2) is 59.1 Å². The molecule has 0 bridgehead atoms. The molecular formula is C19H17BrO3. The van der Waals surface area contributed by atoms with Crippen molar-refractivity contribution >= 4 is 27.5 Å². The summed E-state index contributed by atoms with van der Waals surface area (Å²) >= 11 is 3.43. The molecule has 3 nitrogen and oxygen atoms in total. The lowest BCUT2D eigenvalue weighted by atomic mass is 9.81. The van der Waals surface area contributed by atoms with E-state index in [1.807, 2.05) is 61.5 Å². The van der Waals surface area contributed by atoms with Crippen LogP contribution in [0.3, 0.4) is 0 Å². The first-order valence-corrected chi connectivity index (χ1v) is 8.25. The first-order chi connectivity index (χ1) is 11.1. The monoisotopic (exact) mass is 372 g/mol. The predicted molar refractivity (Wildman–Crippen MR) is 93.3 cm³/mol. The lowest BCUT2D eigenvalue weighted by Crippen LogP contribution is -2.27. The van der Waals surface area contributed by atoms with Crippen molar-refractivity contribution in [3.05, 3.63) is 70.2 Å². The Morgan fingerprint density at radius 1 is 1.09 bits per heavy atom. The van der Waals surface area contributed by atoms with Crippen LogP contribution in [0.25, 0.3) is 5.57 Å². The zero-order chi connectivity index (χ0) is 16.4. The van der Waals surface area contributed by atoms with Crippen molar-refractivity contribution in [2.45, 2.75) is 18.9 Å². The summed E-state index contributed by atoms with van der Waals surface area (Å²) in [7, 11) is 1.63. The van der Waals surface area contributed by atoms with Crippen LogP contribution in [0.4, 0.5) is 0 Å². The molecule has 118 valence electrons. The van der Waals surface area contributed by atoms with Gasteiger partial charge in [0.2, 0.25) is 0 Å². The first kappa shape index (κ1) is 15.8. The van der Waals surface area contributed by atoms with E-state index in [1.54, 1.807) is 7.11 Å². The Hall–Kier alpha value is -2.07. The molecule has 4 heteroatoms. The molecule has 1 unspecified atom stereocenters. The van der Waals surface area contributed by atoms with Gasteiger partial charge in [0.1, 0.15) is 10.2 Å². The zero-order valence-electron chi connectivity index (χ0n) is 13.0. The summed E-state index contributed by atoms with van der Waals surface area (Å²) in [6.45, 7) is 2.02. The van der Waals surface area contributed by atoms with Gasteiger partial charge in [-0.05, 0) is 40.0 Å². The Labute approximate surface area is 144 Å². The zero-order valence-corrected chi connectivity index (χ0v) is 14.6. The minimum Gasteiger partial charge on any atom is -0.497 e. The molecule has 0 N–H and O–H groups in total. The average Bonchev–Trinajstić information content (AvgIpc) is 2.87. The molecule has 0 radical (unpaired) electrons. The van der Waals surface area contributed by atoms with Crippen molar-refractivity contribution in [3.63, 3.8) is 0 Å². The highest BCUT2D eigenvalue weighted by Crippen LogP contribution is 2.50. The van der Waals surface area contributed by atoms with Crippen LogP contribution < -0.4 is 4.74 Å². The predicted octanol–water partition coefficient (Wildman–Crippen LogP) is 4.66. The van der Waals surface area contributed by atoms with Gasteiger partial charge in [0, 0.05) is 11.1 Å². The number of ether oxygens (including phenoxy) is 2. The summed E-state index contributed by atoms with van der Waals surface area (Å²) in [6, 6.07) is 17.5. The van der Waals surface area contributed by atoms with Crippen LogP contribution in [-0.2, 0) is 15.1 Å². The van der Waals surface area contributed by atoms with Gasteiger partial charge in [-0.3, -0.25) is 0 Å². The van der Waals surface area contributed by atoms with E-state index in [0.717, 1.165) is 22.4 Å². The van der Waals surface area contributed by atoms with Crippen molar-refractivity contribution < 1.29 is 14.3 Å². The van der Waals surface area contributed by atoms with Crippen molar-refractivity contribution in [2.24, 2.45) is 0 Å². The Morgan fingerprint density at radius 2 is 1.74 bits per heavy atom. The number of methoxy groups -OCH3 is 1. The fraction of sp³-hybridized carbons (Fsp3) is 0.211. The largest absolute Gasteiger partial charge is 0.497 e. The highest BCUT2D eigenvalue weighted by atomic mass is 79.9. The molecular weight excluding hydrogens is 356 g/mol. The summed E-state index contributed by atoms with van der Waals surface area (Å²) in [5, 5.41) is 0. The molecule has 0 aliphatic carbocycles. The standard InChI is InChI=1S/C19H17BrO3/c1-3-19(14-7-5-4-6-8-14)16(17(20)18(21)23-19)13-9-11-15(22-2)12-10-13/h4-12H,3H2,1-2H3. The molecule has 23 heavy (non-hydrogen) atoms. The van der Waals surface area contributed by atoms with Crippen LogP contribution >= 0.6 is 15.9 Å². The molecule has 0 amide bonds. The summed E-state index contributed by atoms with van der Waals surface area (Å²) in [4.78, 5) is 12.3. The molecule has 1 atom stereocenters. The van der Waals surface area contributed by atoms with Crippen molar-refractivity contribution in [3.8, 4) is 5.75 Å². The molecule has 0 saturated heterocycles. The number of carbonyl (C=O) groups is 1. The number of rotatable bonds is 4. The second-order valence-corrected chi connectivity index (χ2v) is 6.15. The Balaban J connectivity index is 2.18. The van der Waals surface area contributed by atoms with Crippen molar-refractivity contribution in [2.75, 3.05) is 7.11 Å². The number of hydrogen-bond donors (Lipinski definition) is 0. The van der Waals surface area contributed by atoms with E-state index in [1.165, 1.54) is 0 Å². The Kier molecular flexibility index (Phi) is 4.26. The van der Waals surface area contributed by atoms with E-state index >= 15 is 0 Å². The quantitative estimate of drug-likeness (QED) is 0.731. The molecule has 1 aliphatic rings. The summed E-state index contributed by atoms with van der Waals surface area (Å²) < 4.78 is 11.5. The summed E-state index contributed by atoms with van der Waals surface area (Å²) in [6.07, 6.45) is 0.652. The number of carbonyl (C=O) groups excluding carboxylic acids is 1. The van der Waals surface area contributed by atoms with Crippen molar-refractivity contribution in [1.82, 2.24) is 0 Å². The third kappa shape index (κ3) is 2.57. The normalized spacial score (nSPS) is 20.6. The summed E-state index contributed by atoms with van der Waals surface area (Å²) in [5.74, 6) is 0.444. The molecule has 0 fully saturated rings. The van der Waals surface area contributed by atoms with E-state index < -0.39 is 5.60 Å². The molecule has 2 aromatic rings. The fourth-order valence-electron chi connectivity index (χ4n) is 3.01. The second-order valence-electron chi connectivity index (χ2n) is 5.35. The number of cyclic esters (lactones) is 1. The van der Waals surface area contributed by atoms with E-state index in [9.17, 15) is 4.79 Å². The van der Waals surface area contributed by atoms with Gasteiger partial charge in [-0.25, -0.2) is 4.79 Å². The third-order valence-corrected chi connectivity index (χ3v) is 4.91. The molecule has 1 heterocycles. The minimum absolute atomic E-state index is 0.332. The van der Waals surface area contributed by atoms with E-state index in [2.05, 4.69) is 15.9 Å². The molecule has 0 saturated carbocycles. The van der Waals surface area contributed by atoms with Crippen LogP contribution in [0.5, 0.6) is 5.75 Å². The highest BCUT2D eigenvalue weighted by Gasteiger charge is 2.47. The van der Waals surface area contributed by atoms with Gasteiger partial charge in [-0.15, -0.1) is 0 Å². The van der Waals surface area contributed by atoms with Crippen LogP contribution in [0.1, 0.15) is 24.5 Å². The minimum atomic E-state index is -0.772. The van der Waals surface area contributed by atoms with Gasteiger partial charge in [0.25, 0.3) is 0 Å². The van der Waals surface area contributed by atoms with Crippen LogP contribution in [0, 0.1) is 0 Å². The lowest BCUT2D eigenvalue weighted by molar-refractivity contribution is -0.146. The Morgan fingerprint density at radius 3 is 2.30 bits per heavy atom. The number of esters is 1. The molecule has 3 rings (SSSR count). The van der Waals surface area contributed by atoms with Crippen molar-refractivity contribution in [1.29, 1.82) is 0 Å². The lowest BCUT2D eigenvalue weighted by Gasteiger charge is -2.30. The van der Waals surface area contributed by atoms with Gasteiger partial charge in [0.05, 0.1) is 7.11 Å². The van der Waals surface area contributed by atoms with Crippen LogP contribution in [0.2, 0.25) is 0 Å². The maximum absolute atomic E-state index is 12.3. The smallest absolute Gasteiger partial charge is 0.346 e. The second kappa shape index (κ2) is 6.20. The van der Waals surface area contributed by atoms with Crippen LogP contribution in [-0.4, -0.2) is 13.1 Å². The molecule has 0 spiro atoms. The maximum atomic E-state index is 12.3. The van der Waals surface area contributed by atoms with E-state index in [0.29, 0.717) is 10.9 Å². The van der Waals surface area contributed by atoms with Gasteiger partial charge in [0.15, 0.2) is 5.60 Å². The van der Waals surface area contributed by atoms with Gasteiger partial charge in [-0.1, -0.05) is 49.4 Å². The topological polar surface area (TPSA) is 35.5 Å². The average molecular weight is 373 g/mol. The fourth-order valence-corrected chi connectivity index (χ4v) is 3.64. The number of halogens is 1. The third-order valence-electron chi connectivity index (χ3n) is 4.19. The number of benzene rings is 2. The van der Waals surface area contributed by atoms with Gasteiger partial charge < -0.3 is 9.47 Å². The van der Waals surface area contributed by atoms with Gasteiger partial charge in [-0.2, -0.15) is 0 Å². The summed E-state index contributed by atoms with van der Waals surface area (Å²) in [5.41, 5.74) is 2.00. The van der Waals surface area contributed by atoms with E-state index in [4.69, 9.17) is 9.47 Å².